The number of rotatable bonds is 2. The average molecular weight is 316 g/mol. The zero-order valence-electron chi connectivity index (χ0n) is 12.7. The van der Waals surface area contributed by atoms with E-state index in [0.29, 0.717) is 6.42 Å². The first-order valence-electron chi connectivity index (χ1n) is 7.58. The van der Waals surface area contributed by atoms with Gasteiger partial charge in [0.25, 0.3) is 0 Å². The topological polar surface area (TPSA) is 40.6 Å². The van der Waals surface area contributed by atoms with Crippen LogP contribution in [0.15, 0.2) is 30.5 Å². The molecule has 22 heavy (non-hydrogen) atoms. The third-order valence-corrected chi connectivity index (χ3v) is 5.14. The van der Waals surface area contributed by atoms with Crippen LogP contribution in [-0.2, 0) is 9.59 Å². The van der Waals surface area contributed by atoms with Crippen LogP contribution >= 0.6 is 11.8 Å². The number of carbonyl (C=O) groups is 2. The van der Waals surface area contributed by atoms with Crippen LogP contribution < -0.4 is 0 Å². The molecule has 2 aliphatic rings. The molecule has 3 rings (SSSR count). The van der Waals surface area contributed by atoms with E-state index >= 15 is 0 Å². The number of fused-ring (bicyclic) bond motifs is 1. The van der Waals surface area contributed by atoms with Crippen molar-refractivity contribution in [3.63, 3.8) is 0 Å². The van der Waals surface area contributed by atoms with Gasteiger partial charge in [-0.05, 0) is 17.2 Å². The molecular weight excluding hydrogens is 296 g/mol. The minimum atomic E-state index is -0.194. The van der Waals surface area contributed by atoms with E-state index in [1.807, 2.05) is 47.0 Å². The molecule has 5 heteroatoms. The van der Waals surface area contributed by atoms with Gasteiger partial charge in [0, 0.05) is 37.7 Å². The van der Waals surface area contributed by atoms with Crippen molar-refractivity contribution in [3.8, 4) is 0 Å². The van der Waals surface area contributed by atoms with Crippen molar-refractivity contribution < 1.29 is 9.59 Å². The lowest BCUT2D eigenvalue weighted by Gasteiger charge is -2.34. The highest BCUT2D eigenvalue weighted by Crippen LogP contribution is 2.33. The maximum atomic E-state index is 12.6. The molecule has 2 amide bonds. The smallest absolute Gasteiger partial charge is 0.225 e. The van der Waals surface area contributed by atoms with E-state index in [-0.39, 0.29) is 17.9 Å². The van der Waals surface area contributed by atoms with Crippen LogP contribution in [0.2, 0.25) is 0 Å². The highest BCUT2D eigenvalue weighted by Gasteiger charge is 2.30. The Kier molecular flexibility index (Phi) is 4.52. The zero-order chi connectivity index (χ0) is 15.5. The molecule has 0 bridgehead atoms. The fourth-order valence-electron chi connectivity index (χ4n) is 3.02. The molecule has 0 radical (unpaired) electrons. The molecule has 2 aliphatic heterocycles. The normalized spacial score (nSPS) is 20.7. The number of hydrogen-bond acceptors (Lipinski definition) is 3. The maximum absolute atomic E-state index is 12.6. The number of benzene rings is 1. The lowest BCUT2D eigenvalue weighted by molar-refractivity contribution is -0.134. The van der Waals surface area contributed by atoms with Gasteiger partial charge in [0.15, 0.2) is 0 Å². The fraction of sp³-hybridized carbons (Fsp3) is 0.412. The van der Waals surface area contributed by atoms with Crippen molar-refractivity contribution in [2.24, 2.45) is 0 Å². The third kappa shape index (κ3) is 3.04. The summed E-state index contributed by atoms with van der Waals surface area (Å²) < 4.78 is 0. The summed E-state index contributed by atoms with van der Waals surface area (Å²) in [5.41, 5.74) is 2.15. The quantitative estimate of drug-likeness (QED) is 0.842. The van der Waals surface area contributed by atoms with E-state index in [1.54, 1.807) is 18.0 Å². The summed E-state index contributed by atoms with van der Waals surface area (Å²) in [4.78, 5) is 28.1. The Labute approximate surface area is 135 Å². The lowest BCUT2D eigenvalue weighted by Crippen LogP contribution is -2.41. The van der Waals surface area contributed by atoms with E-state index in [9.17, 15) is 9.59 Å². The molecule has 1 aromatic rings. The summed E-state index contributed by atoms with van der Waals surface area (Å²) in [7, 11) is 0. The molecule has 0 saturated carbocycles. The third-order valence-electron chi connectivity index (χ3n) is 4.20. The van der Waals surface area contributed by atoms with Gasteiger partial charge in [-0.1, -0.05) is 24.3 Å². The van der Waals surface area contributed by atoms with Gasteiger partial charge >= 0.3 is 0 Å². The molecule has 1 fully saturated rings. The molecule has 0 N–H and O–H groups in total. The largest absolute Gasteiger partial charge is 0.341 e. The number of nitrogens with zero attached hydrogens (tertiary/aromatic N) is 2. The van der Waals surface area contributed by atoms with Crippen molar-refractivity contribution >= 4 is 29.7 Å². The summed E-state index contributed by atoms with van der Waals surface area (Å²) in [5.74, 6) is 2.12. The Balaban J connectivity index is 1.83. The fourth-order valence-corrected chi connectivity index (χ4v) is 3.92. The molecule has 1 unspecified atom stereocenters. The van der Waals surface area contributed by atoms with Crippen LogP contribution in [0.5, 0.6) is 0 Å². The van der Waals surface area contributed by atoms with E-state index < -0.39 is 0 Å². The second-order valence-electron chi connectivity index (χ2n) is 5.58. The lowest BCUT2D eigenvalue weighted by atomic mass is 9.93. The first kappa shape index (κ1) is 15.2. The van der Waals surface area contributed by atoms with Crippen molar-refractivity contribution in [1.82, 2.24) is 9.80 Å². The summed E-state index contributed by atoms with van der Waals surface area (Å²) in [6.45, 7) is 3.18. The minimum Gasteiger partial charge on any atom is -0.341 e. The second-order valence-corrected chi connectivity index (χ2v) is 6.81. The molecule has 2 heterocycles. The summed E-state index contributed by atoms with van der Waals surface area (Å²) >= 11 is 1.89. The van der Waals surface area contributed by atoms with Gasteiger partial charge < -0.3 is 9.80 Å². The van der Waals surface area contributed by atoms with Crippen molar-refractivity contribution in [1.29, 1.82) is 0 Å². The predicted octanol–water partition coefficient (Wildman–Crippen LogP) is 2.53. The summed E-state index contributed by atoms with van der Waals surface area (Å²) in [5, 5.41) is 0. The monoisotopic (exact) mass is 316 g/mol. The van der Waals surface area contributed by atoms with Crippen molar-refractivity contribution in [2.75, 3.05) is 24.6 Å². The molecule has 0 aromatic heterocycles. The van der Waals surface area contributed by atoms with Crippen molar-refractivity contribution in [3.05, 3.63) is 41.6 Å². The van der Waals surface area contributed by atoms with Gasteiger partial charge in [-0.25, -0.2) is 0 Å². The van der Waals surface area contributed by atoms with Gasteiger partial charge in [0.05, 0.1) is 12.5 Å². The summed E-state index contributed by atoms with van der Waals surface area (Å²) in [6.07, 6.45) is 4.09. The van der Waals surface area contributed by atoms with Gasteiger partial charge in [-0.15, -0.1) is 0 Å². The Bertz CT molecular complexity index is 608. The van der Waals surface area contributed by atoms with Crippen LogP contribution in [0.3, 0.4) is 0 Å². The number of carbonyl (C=O) groups excluding carboxylic acids is 2. The van der Waals surface area contributed by atoms with Gasteiger partial charge in [0.2, 0.25) is 11.8 Å². The Morgan fingerprint density at radius 2 is 1.95 bits per heavy atom. The highest BCUT2D eigenvalue weighted by atomic mass is 32.2. The van der Waals surface area contributed by atoms with Gasteiger partial charge in [-0.3, -0.25) is 9.59 Å². The van der Waals surface area contributed by atoms with Gasteiger partial charge in [-0.2, -0.15) is 11.8 Å². The first-order valence-corrected chi connectivity index (χ1v) is 8.74. The number of thioether (sulfide) groups is 1. The Morgan fingerprint density at radius 3 is 2.68 bits per heavy atom. The Morgan fingerprint density at radius 1 is 1.23 bits per heavy atom. The number of amides is 2. The minimum absolute atomic E-state index is 0.0299. The SMILES string of the molecule is CC(=O)N1C=Cc2ccccc2C1CC(=O)N1CCSCC1. The molecule has 0 aliphatic carbocycles. The summed E-state index contributed by atoms with van der Waals surface area (Å²) in [6, 6.07) is 7.79. The number of hydrogen-bond donors (Lipinski definition) is 0. The second kappa shape index (κ2) is 6.57. The van der Waals surface area contributed by atoms with Crippen LogP contribution in [0, 0.1) is 0 Å². The molecule has 1 saturated heterocycles. The molecule has 1 atom stereocenters. The highest BCUT2D eigenvalue weighted by molar-refractivity contribution is 7.99. The van der Waals surface area contributed by atoms with Crippen LogP contribution in [0.1, 0.15) is 30.5 Å². The average Bonchev–Trinajstić information content (AvgIpc) is 2.55. The predicted molar refractivity (Wildman–Crippen MR) is 89.3 cm³/mol. The van der Waals surface area contributed by atoms with E-state index in [0.717, 1.165) is 35.7 Å². The molecule has 1 aromatic carbocycles. The molecule has 4 nitrogen and oxygen atoms in total. The van der Waals surface area contributed by atoms with Gasteiger partial charge in [0.1, 0.15) is 0 Å². The Hall–Kier alpha value is -1.75. The van der Waals surface area contributed by atoms with E-state index in [4.69, 9.17) is 0 Å². The zero-order valence-corrected chi connectivity index (χ0v) is 13.5. The maximum Gasteiger partial charge on any atom is 0.225 e. The van der Waals surface area contributed by atoms with Crippen LogP contribution in [0.25, 0.3) is 6.08 Å². The standard InChI is InChI=1S/C17H20N2O2S/c1-13(20)19-7-6-14-4-2-3-5-15(14)16(19)12-17(21)18-8-10-22-11-9-18/h2-7,16H,8-12H2,1H3. The van der Waals surface area contributed by atoms with Crippen LogP contribution in [0.4, 0.5) is 0 Å². The molecule has 116 valence electrons. The molecular formula is C17H20N2O2S. The first-order chi connectivity index (χ1) is 10.7. The van der Waals surface area contributed by atoms with E-state index in [1.165, 1.54) is 0 Å². The van der Waals surface area contributed by atoms with Crippen molar-refractivity contribution in [2.45, 2.75) is 19.4 Å². The van der Waals surface area contributed by atoms with Crippen LogP contribution in [-0.4, -0.2) is 46.2 Å². The van der Waals surface area contributed by atoms with E-state index in [2.05, 4.69) is 0 Å². The molecule has 0 spiro atoms.